The normalized spacial score (nSPS) is 11.6. The highest BCUT2D eigenvalue weighted by molar-refractivity contribution is 6.11. The lowest BCUT2D eigenvalue weighted by molar-refractivity contribution is 1.13. The molecule has 0 aliphatic rings. The van der Waals surface area contributed by atoms with E-state index in [0.29, 0.717) is 0 Å². The highest BCUT2D eigenvalue weighted by atomic mass is 15.0. The van der Waals surface area contributed by atoms with Crippen molar-refractivity contribution in [2.45, 2.75) is 0 Å². The van der Waals surface area contributed by atoms with E-state index in [-0.39, 0.29) is 0 Å². The number of hydrogen-bond donors (Lipinski definition) is 0. The predicted molar refractivity (Wildman–Crippen MR) is 155 cm³/mol. The van der Waals surface area contributed by atoms with Crippen molar-refractivity contribution in [1.29, 1.82) is 0 Å². The molecule has 7 rings (SSSR count). The molecule has 2 nitrogen and oxygen atoms in total. The second-order valence-electron chi connectivity index (χ2n) is 9.19. The highest BCUT2D eigenvalue weighted by Crippen LogP contribution is 2.36. The van der Waals surface area contributed by atoms with Crippen LogP contribution in [-0.4, -0.2) is 9.13 Å². The van der Waals surface area contributed by atoms with E-state index in [4.69, 9.17) is 0 Å². The van der Waals surface area contributed by atoms with E-state index >= 15 is 0 Å². The van der Waals surface area contributed by atoms with Gasteiger partial charge in [0.2, 0.25) is 0 Å². The number of fused-ring (bicyclic) bond motifs is 6. The van der Waals surface area contributed by atoms with Gasteiger partial charge < -0.3 is 9.13 Å². The first-order valence-electron chi connectivity index (χ1n) is 12.2. The van der Waals surface area contributed by atoms with Crippen LogP contribution in [0.5, 0.6) is 0 Å². The average Bonchev–Trinajstić information content (AvgIpc) is 3.45. The maximum absolute atomic E-state index is 4.12. The van der Waals surface area contributed by atoms with Crippen LogP contribution in [0.1, 0.15) is 11.1 Å². The van der Waals surface area contributed by atoms with E-state index in [9.17, 15) is 0 Å². The van der Waals surface area contributed by atoms with Crippen LogP contribution in [0, 0.1) is 0 Å². The smallest absolute Gasteiger partial charge is 0.0541 e. The van der Waals surface area contributed by atoms with E-state index in [2.05, 4.69) is 131 Å². The third kappa shape index (κ3) is 2.91. The quantitative estimate of drug-likeness (QED) is 0.248. The number of para-hydroxylation sites is 3. The van der Waals surface area contributed by atoms with Crippen molar-refractivity contribution in [1.82, 2.24) is 9.13 Å². The van der Waals surface area contributed by atoms with Gasteiger partial charge in [-0.1, -0.05) is 86.0 Å². The molecule has 0 amide bonds. The standard InChI is InChI=1S/C34H24N2/c1-3-23-17-18-34-30(21-23)29-13-7-10-16-33(29)36(34)26-20-24(4-2)19-25(22-26)35-31-14-8-5-11-27(31)28-12-6-9-15-32(28)35/h3-22H,1-2H2. The summed E-state index contributed by atoms with van der Waals surface area (Å²) in [5.41, 5.74) is 9.19. The lowest BCUT2D eigenvalue weighted by atomic mass is 10.1. The fraction of sp³-hybridized carbons (Fsp3) is 0. The molecule has 0 atom stereocenters. The molecule has 2 aromatic heterocycles. The van der Waals surface area contributed by atoms with Crippen LogP contribution in [0.25, 0.3) is 67.1 Å². The maximum Gasteiger partial charge on any atom is 0.0541 e. The van der Waals surface area contributed by atoms with E-state index in [1.165, 1.54) is 43.6 Å². The predicted octanol–water partition coefficient (Wildman–Crippen LogP) is 9.17. The Morgan fingerprint density at radius 3 is 1.36 bits per heavy atom. The van der Waals surface area contributed by atoms with Gasteiger partial charge in [-0.3, -0.25) is 0 Å². The van der Waals surface area contributed by atoms with Gasteiger partial charge in [-0.25, -0.2) is 0 Å². The minimum Gasteiger partial charge on any atom is -0.309 e. The lowest BCUT2D eigenvalue weighted by Crippen LogP contribution is -2.00. The zero-order chi connectivity index (χ0) is 24.2. The lowest BCUT2D eigenvalue weighted by Gasteiger charge is -2.14. The van der Waals surface area contributed by atoms with Gasteiger partial charge in [0.15, 0.2) is 0 Å². The van der Waals surface area contributed by atoms with Gasteiger partial charge >= 0.3 is 0 Å². The van der Waals surface area contributed by atoms with Crippen molar-refractivity contribution in [2.75, 3.05) is 0 Å². The molecule has 5 aromatic carbocycles. The van der Waals surface area contributed by atoms with Crippen molar-refractivity contribution >= 4 is 55.8 Å². The molecule has 170 valence electrons. The molecule has 0 saturated carbocycles. The Hall–Kier alpha value is -4.82. The number of hydrogen-bond acceptors (Lipinski definition) is 0. The van der Waals surface area contributed by atoms with Crippen LogP contribution in [0.2, 0.25) is 0 Å². The molecule has 0 bridgehead atoms. The van der Waals surface area contributed by atoms with Crippen LogP contribution in [0.3, 0.4) is 0 Å². The average molecular weight is 461 g/mol. The zero-order valence-electron chi connectivity index (χ0n) is 19.9. The van der Waals surface area contributed by atoms with Gasteiger partial charge in [-0.15, -0.1) is 0 Å². The molecule has 0 fully saturated rings. The third-order valence-electron chi connectivity index (χ3n) is 7.19. The van der Waals surface area contributed by atoms with Gasteiger partial charge in [0.1, 0.15) is 0 Å². The van der Waals surface area contributed by atoms with Gasteiger partial charge in [0.25, 0.3) is 0 Å². The summed E-state index contributed by atoms with van der Waals surface area (Å²) in [6.45, 7) is 8.09. The number of rotatable bonds is 4. The Kier molecular flexibility index (Phi) is 4.49. The Morgan fingerprint density at radius 1 is 0.417 bits per heavy atom. The summed E-state index contributed by atoms with van der Waals surface area (Å²) in [6.07, 6.45) is 3.84. The summed E-state index contributed by atoms with van der Waals surface area (Å²) in [6, 6.07) is 39.2. The fourth-order valence-electron chi connectivity index (χ4n) is 5.59. The molecule has 0 spiro atoms. The molecule has 0 radical (unpaired) electrons. The largest absolute Gasteiger partial charge is 0.309 e. The third-order valence-corrected chi connectivity index (χ3v) is 7.19. The minimum atomic E-state index is 1.08. The molecule has 0 aliphatic heterocycles. The molecule has 0 N–H and O–H groups in total. The molecule has 0 aliphatic carbocycles. The minimum absolute atomic E-state index is 1.08. The van der Waals surface area contributed by atoms with Crippen LogP contribution in [0.15, 0.2) is 122 Å². The summed E-state index contributed by atoms with van der Waals surface area (Å²) in [4.78, 5) is 0. The summed E-state index contributed by atoms with van der Waals surface area (Å²) in [7, 11) is 0. The molecule has 0 unspecified atom stereocenters. The summed E-state index contributed by atoms with van der Waals surface area (Å²) in [5, 5.41) is 4.98. The maximum atomic E-state index is 4.12. The highest BCUT2D eigenvalue weighted by Gasteiger charge is 2.16. The van der Waals surface area contributed by atoms with E-state index in [1.54, 1.807) is 0 Å². The Balaban J connectivity index is 1.59. The van der Waals surface area contributed by atoms with Crippen LogP contribution < -0.4 is 0 Å². The molecule has 0 saturated heterocycles. The first kappa shape index (κ1) is 20.5. The molecule has 36 heavy (non-hydrogen) atoms. The summed E-state index contributed by atoms with van der Waals surface area (Å²) < 4.78 is 4.73. The second-order valence-corrected chi connectivity index (χ2v) is 9.19. The van der Waals surface area contributed by atoms with E-state index in [0.717, 1.165) is 22.5 Å². The molecule has 7 aromatic rings. The van der Waals surface area contributed by atoms with Crippen molar-refractivity contribution in [2.24, 2.45) is 0 Å². The fourth-order valence-corrected chi connectivity index (χ4v) is 5.59. The van der Waals surface area contributed by atoms with Gasteiger partial charge in [0, 0.05) is 32.9 Å². The van der Waals surface area contributed by atoms with Crippen molar-refractivity contribution < 1.29 is 0 Å². The van der Waals surface area contributed by atoms with E-state index < -0.39 is 0 Å². The first-order chi connectivity index (χ1) is 17.8. The van der Waals surface area contributed by atoms with Gasteiger partial charge in [0.05, 0.1) is 22.1 Å². The van der Waals surface area contributed by atoms with Gasteiger partial charge in [-0.05, 0) is 59.7 Å². The SMILES string of the molecule is C=Cc1cc(-n2c3ccccc3c3ccccc32)cc(-n2c3ccccc3c3cc(C=C)ccc32)c1. The number of aromatic nitrogens is 2. The van der Waals surface area contributed by atoms with Crippen LogP contribution in [0.4, 0.5) is 0 Å². The van der Waals surface area contributed by atoms with Crippen molar-refractivity contribution in [3.63, 3.8) is 0 Å². The first-order valence-corrected chi connectivity index (χ1v) is 12.2. The topological polar surface area (TPSA) is 9.86 Å². The molecule has 2 heterocycles. The van der Waals surface area contributed by atoms with Crippen LogP contribution in [-0.2, 0) is 0 Å². The van der Waals surface area contributed by atoms with Crippen molar-refractivity contribution in [3.05, 3.63) is 133 Å². The zero-order valence-corrected chi connectivity index (χ0v) is 19.9. The number of nitrogens with zero attached hydrogens (tertiary/aromatic N) is 2. The van der Waals surface area contributed by atoms with Crippen molar-refractivity contribution in [3.8, 4) is 11.4 Å². The molecular formula is C34H24N2. The molecule has 2 heteroatoms. The molecular weight excluding hydrogens is 436 g/mol. The second kappa shape index (κ2) is 7.86. The summed E-state index contributed by atoms with van der Waals surface area (Å²) >= 11 is 0. The Bertz CT molecular complexity index is 1930. The summed E-state index contributed by atoms with van der Waals surface area (Å²) in [5.74, 6) is 0. The van der Waals surface area contributed by atoms with E-state index in [1.807, 2.05) is 12.2 Å². The van der Waals surface area contributed by atoms with Crippen LogP contribution >= 0.6 is 0 Å². The van der Waals surface area contributed by atoms with Gasteiger partial charge in [-0.2, -0.15) is 0 Å². The monoisotopic (exact) mass is 460 g/mol. The Morgan fingerprint density at radius 2 is 0.861 bits per heavy atom. The Labute approximate surface area is 209 Å². The number of benzene rings is 5.